The maximum Gasteiger partial charge on any atom is 0.305 e. The number of aliphatic carboxylic acids is 1. The molecular weight excluding hydrogens is 308 g/mol. The Kier molecular flexibility index (Phi) is 18.4. The van der Waals surface area contributed by atoms with Crippen LogP contribution in [0.25, 0.3) is 0 Å². The molecule has 1 N–H and O–H groups in total. The summed E-state index contributed by atoms with van der Waals surface area (Å²) in [5, 5.41) is 8.40. The van der Waals surface area contributed by atoms with E-state index in [-0.39, 0.29) is 13.0 Å². The van der Waals surface area contributed by atoms with Crippen LogP contribution in [0.2, 0.25) is 0 Å². The molecule has 0 aromatic rings. The lowest BCUT2D eigenvalue weighted by Crippen LogP contribution is -2.13. The summed E-state index contributed by atoms with van der Waals surface area (Å²) in [6.07, 6.45) is 2.55. The number of ether oxygens (including phenoxy) is 4. The van der Waals surface area contributed by atoms with E-state index in [2.05, 4.69) is 6.92 Å². The van der Waals surface area contributed by atoms with Crippen LogP contribution in [-0.4, -0.2) is 75.4 Å². The molecule has 0 unspecified atom stereocenters. The first-order valence-electron chi connectivity index (χ1n) is 7.88. The summed E-state index contributed by atoms with van der Waals surface area (Å²) in [6, 6.07) is 0. The highest BCUT2D eigenvalue weighted by molar-refractivity contribution is 7.99. The lowest BCUT2D eigenvalue weighted by atomic mass is 10.4. The van der Waals surface area contributed by atoms with Crippen LogP contribution in [-0.2, 0) is 23.7 Å². The average Bonchev–Trinajstić information content (AvgIpc) is 2.50. The van der Waals surface area contributed by atoms with E-state index in [9.17, 15) is 4.79 Å². The van der Waals surface area contributed by atoms with E-state index in [1.807, 2.05) is 11.8 Å². The van der Waals surface area contributed by atoms with Gasteiger partial charge in [-0.3, -0.25) is 4.79 Å². The van der Waals surface area contributed by atoms with Crippen LogP contribution in [0.15, 0.2) is 0 Å². The minimum atomic E-state index is -0.851. The topological polar surface area (TPSA) is 74.2 Å². The van der Waals surface area contributed by atoms with Crippen molar-refractivity contribution in [1.82, 2.24) is 0 Å². The third-order valence-electron chi connectivity index (χ3n) is 2.59. The van der Waals surface area contributed by atoms with Gasteiger partial charge in [0.05, 0.1) is 59.3 Å². The van der Waals surface area contributed by atoms with Crippen molar-refractivity contribution in [2.75, 3.05) is 64.4 Å². The summed E-state index contributed by atoms with van der Waals surface area (Å²) in [5.41, 5.74) is 0. The van der Waals surface area contributed by atoms with Crippen LogP contribution >= 0.6 is 11.8 Å². The van der Waals surface area contributed by atoms with Gasteiger partial charge in [0.25, 0.3) is 0 Å². The molecule has 0 saturated heterocycles. The Labute approximate surface area is 137 Å². The maximum absolute atomic E-state index is 10.2. The van der Waals surface area contributed by atoms with Crippen LogP contribution < -0.4 is 0 Å². The lowest BCUT2D eigenvalue weighted by molar-refractivity contribution is -0.138. The van der Waals surface area contributed by atoms with E-state index in [1.54, 1.807) is 0 Å². The highest BCUT2D eigenvalue weighted by Gasteiger charge is 1.96. The molecule has 0 bridgehead atoms. The van der Waals surface area contributed by atoms with Gasteiger partial charge in [-0.1, -0.05) is 13.3 Å². The van der Waals surface area contributed by atoms with Gasteiger partial charge < -0.3 is 24.1 Å². The molecule has 0 saturated carbocycles. The van der Waals surface area contributed by atoms with Crippen LogP contribution in [0.1, 0.15) is 26.2 Å². The molecule has 132 valence electrons. The average molecular weight is 338 g/mol. The SMILES string of the molecule is CCCCSCCOCCOCCOCCOCCC(=O)O. The van der Waals surface area contributed by atoms with Gasteiger partial charge in [0.15, 0.2) is 0 Å². The van der Waals surface area contributed by atoms with E-state index in [1.165, 1.54) is 18.6 Å². The molecular formula is C15H30O6S. The molecule has 0 rings (SSSR count). The molecule has 0 radical (unpaired) electrons. The molecule has 0 aromatic heterocycles. The minimum absolute atomic E-state index is 0.0280. The Morgan fingerprint density at radius 1 is 0.818 bits per heavy atom. The minimum Gasteiger partial charge on any atom is -0.481 e. The fraction of sp³-hybridized carbons (Fsp3) is 0.933. The Hall–Kier alpha value is -0.340. The standard InChI is InChI=1S/C15H30O6S/c1-2-3-13-22-14-12-21-11-10-20-9-8-19-7-6-18-5-4-15(16)17/h2-14H2,1H3,(H,16,17). The largest absolute Gasteiger partial charge is 0.481 e. The fourth-order valence-electron chi connectivity index (χ4n) is 1.39. The van der Waals surface area contributed by atoms with Gasteiger partial charge in [-0.2, -0.15) is 11.8 Å². The first-order chi connectivity index (χ1) is 10.8. The second kappa shape index (κ2) is 18.7. The smallest absolute Gasteiger partial charge is 0.305 e. The maximum atomic E-state index is 10.2. The van der Waals surface area contributed by atoms with Crippen molar-refractivity contribution in [2.45, 2.75) is 26.2 Å². The van der Waals surface area contributed by atoms with Gasteiger partial charge in [0, 0.05) is 5.75 Å². The summed E-state index contributed by atoms with van der Waals surface area (Å²) in [4.78, 5) is 10.2. The van der Waals surface area contributed by atoms with Gasteiger partial charge in [-0.25, -0.2) is 0 Å². The van der Waals surface area contributed by atoms with Gasteiger partial charge in [-0.15, -0.1) is 0 Å². The third kappa shape index (κ3) is 19.7. The Balaban J connectivity index is 2.95. The number of carboxylic acid groups (broad SMARTS) is 1. The molecule has 0 aromatic carbocycles. The highest BCUT2D eigenvalue weighted by Crippen LogP contribution is 2.03. The Bertz CT molecular complexity index is 240. The molecule has 0 aliphatic carbocycles. The molecule has 0 amide bonds. The van der Waals surface area contributed by atoms with Crippen molar-refractivity contribution in [2.24, 2.45) is 0 Å². The first-order valence-corrected chi connectivity index (χ1v) is 9.03. The predicted octanol–water partition coefficient (Wildman–Crippen LogP) is 2.06. The number of carboxylic acids is 1. The summed E-state index contributed by atoms with van der Waals surface area (Å²) >= 11 is 1.93. The van der Waals surface area contributed by atoms with Crippen molar-refractivity contribution in [3.63, 3.8) is 0 Å². The number of carbonyl (C=O) groups is 1. The first kappa shape index (κ1) is 21.7. The number of thioether (sulfide) groups is 1. The molecule has 0 fully saturated rings. The third-order valence-corrected chi connectivity index (χ3v) is 3.62. The van der Waals surface area contributed by atoms with Crippen LogP contribution in [0.4, 0.5) is 0 Å². The van der Waals surface area contributed by atoms with Crippen molar-refractivity contribution in [3.8, 4) is 0 Å². The molecule has 7 heteroatoms. The van der Waals surface area contributed by atoms with E-state index in [4.69, 9.17) is 24.1 Å². The molecule has 0 aliphatic heterocycles. The van der Waals surface area contributed by atoms with Gasteiger partial charge in [0.2, 0.25) is 0 Å². The molecule has 6 nitrogen and oxygen atoms in total. The van der Waals surface area contributed by atoms with Crippen molar-refractivity contribution >= 4 is 17.7 Å². The summed E-state index contributed by atoms with van der Waals surface area (Å²) in [5.74, 6) is 1.41. The van der Waals surface area contributed by atoms with E-state index < -0.39 is 5.97 Å². The summed E-state index contributed by atoms with van der Waals surface area (Å²) in [6.45, 7) is 6.31. The molecule has 0 aliphatic rings. The normalized spacial score (nSPS) is 11.0. The highest BCUT2D eigenvalue weighted by atomic mass is 32.2. The number of hydrogen-bond donors (Lipinski definition) is 1. The van der Waals surface area contributed by atoms with Crippen LogP contribution in [0.5, 0.6) is 0 Å². The molecule has 22 heavy (non-hydrogen) atoms. The van der Waals surface area contributed by atoms with E-state index in [0.717, 1.165) is 12.4 Å². The second-order valence-corrected chi connectivity index (χ2v) is 5.78. The molecule has 0 heterocycles. The zero-order valence-corrected chi connectivity index (χ0v) is 14.4. The predicted molar refractivity (Wildman–Crippen MR) is 87.8 cm³/mol. The zero-order chi connectivity index (χ0) is 16.3. The fourth-order valence-corrected chi connectivity index (χ4v) is 2.32. The second-order valence-electron chi connectivity index (χ2n) is 4.56. The van der Waals surface area contributed by atoms with Crippen molar-refractivity contribution in [1.29, 1.82) is 0 Å². The zero-order valence-electron chi connectivity index (χ0n) is 13.6. The van der Waals surface area contributed by atoms with Crippen LogP contribution in [0, 0.1) is 0 Å². The monoisotopic (exact) mass is 338 g/mol. The Morgan fingerprint density at radius 2 is 1.32 bits per heavy atom. The van der Waals surface area contributed by atoms with Crippen molar-refractivity contribution in [3.05, 3.63) is 0 Å². The number of hydrogen-bond acceptors (Lipinski definition) is 6. The number of unbranched alkanes of at least 4 members (excludes halogenated alkanes) is 1. The molecule has 0 spiro atoms. The van der Waals surface area contributed by atoms with Gasteiger partial charge >= 0.3 is 5.97 Å². The van der Waals surface area contributed by atoms with Crippen LogP contribution in [0.3, 0.4) is 0 Å². The Morgan fingerprint density at radius 3 is 1.82 bits per heavy atom. The van der Waals surface area contributed by atoms with Gasteiger partial charge in [-0.05, 0) is 12.2 Å². The van der Waals surface area contributed by atoms with Crippen molar-refractivity contribution < 1.29 is 28.8 Å². The van der Waals surface area contributed by atoms with Gasteiger partial charge in [0.1, 0.15) is 0 Å². The lowest BCUT2D eigenvalue weighted by Gasteiger charge is -2.07. The molecule has 0 atom stereocenters. The quantitative estimate of drug-likeness (QED) is 0.383. The summed E-state index contributed by atoms with van der Waals surface area (Å²) in [7, 11) is 0. The van der Waals surface area contributed by atoms with E-state index in [0.29, 0.717) is 39.6 Å². The number of rotatable bonds is 18. The summed E-state index contributed by atoms with van der Waals surface area (Å²) < 4.78 is 21.2. The van der Waals surface area contributed by atoms with E-state index >= 15 is 0 Å².